The van der Waals surface area contributed by atoms with Crippen molar-refractivity contribution in [3.8, 4) is 6.07 Å². The van der Waals surface area contributed by atoms with Gasteiger partial charge in [0.15, 0.2) is 0 Å². The number of benzene rings is 2. The highest BCUT2D eigenvalue weighted by atomic mass is 16.4. The quantitative estimate of drug-likeness (QED) is 0.227. The van der Waals surface area contributed by atoms with E-state index in [4.69, 9.17) is 4.42 Å². The van der Waals surface area contributed by atoms with E-state index in [-0.39, 0.29) is 18.0 Å². The third-order valence-electron chi connectivity index (χ3n) is 9.36. The third kappa shape index (κ3) is 7.77. The molecule has 0 bridgehead atoms. The van der Waals surface area contributed by atoms with E-state index in [0.717, 1.165) is 59.3 Å². The molecule has 0 saturated carbocycles. The van der Waals surface area contributed by atoms with E-state index < -0.39 is 5.41 Å². The highest BCUT2D eigenvalue weighted by Crippen LogP contribution is 2.48. The topological polar surface area (TPSA) is 110 Å². The first-order valence-electron chi connectivity index (χ1n) is 16.5. The van der Waals surface area contributed by atoms with Gasteiger partial charge < -0.3 is 24.9 Å². The van der Waals surface area contributed by atoms with Crippen molar-refractivity contribution in [3.05, 3.63) is 100 Å². The Bertz CT molecular complexity index is 1580. The van der Waals surface area contributed by atoms with Crippen LogP contribution in [0.5, 0.6) is 0 Å². The first kappa shape index (κ1) is 35.4. The lowest BCUT2D eigenvalue weighted by atomic mass is 9.68. The molecule has 0 saturated heterocycles. The van der Waals surface area contributed by atoms with Crippen molar-refractivity contribution in [1.82, 2.24) is 30.6 Å². The summed E-state index contributed by atoms with van der Waals surface area (Å²) in [6.07, 6.45) is 3.93. The first-order valence-corrected chi connectivity index (χ1v) is 16.5. The molecule has 2 N–H and O–H groups in total. The molecular weight excluding hydrogens is 586 g/mol. The highest BCUT2D eigenvalue weighted by molar-refractivity contribution is 5.94. The first-order chi connectivity index (χ1) is 22.3. The van der Waals surface area contributed by atoms with Gasteiger partial charge in [-0.15, -0.1) is 10.2 Å². The molecule has 250 valence electrons. The molecule has 1 aliphatic rings. The van der Waals surface area contributed by atoms with Gasteiger partial charge in [0, 0.05) is 64.7 Å². The summed E-state index contributed by atoms with van der Waals surface area (Å²) in [7, 11) is 7.54. The van der Waals surface area contributed by atoms with Gasteiger partial charge in [-0.3, -0.25) is 4.79 Å². The summed E-state index contributed by atoms with van der Waals surface area (Å²) < 4.78 is 6.35. The second kappa shape index (κ2) is 15.0. The van der Waals surface area contributed by atoms with Crippen LogP contribution in [-0.2, 0) is 18.3 Å². The highest BCUT2D eigenvalue weighted by Gasteiger charge is 2.46. The van der Waals surface area contributed by atoms with E-state index in [1.165, 1.54) is 5.56 Å². The molecule has 2 unspecified atom stereocenters. The van der Waals surface area contributed by atoms with Crippen molar-refractivity contribution in [1.29, 1.82) is 5.26 Å². The number of nitrogens with zero attached hydrogens (tertiary/aromatic N) is 5. The minimum Gasteiger partial charge on any atom is -0.424 e. The average Bonchev–Trinajstić information content (AvgIpc) is 3.44. The van der Waals surface area contributed by atoms with Gasteiger partial charge >= 0.3 is 0 Å². The fourth-order valence-electron chi connectivity index (χ4n) is 6.52. The van der Waals surface area contributed by atoms with E-state index in [1.54, 1.807) is 19.0 Å². The summed E-state index contributed by atoms with van der Waals surface area (Å²) in [4.78, 5) is 16.7. The number of carbonyl (C=O) groups excluding carboxylic acids is 1. The molecule has 1 amide bonds. The zero-order chi connectivity index (χ0) is 34.5. The van der Waals surface area contributed by atoms with E-state index in [9.17, 15) is 10.1 Å². The van der Waals surface area contributed by atoms with Crippen molar-refractivity contribution in [3.63, 3.8) is 0 Å². The second-order valence-electron chi connectivity index (χ2n) is 13.5. The van der Waals surface area contributed by atoms with Crippen molar-refractivity contribution in [2.24, 2.45) is 5.92 Å². The van der Waals surface area contributed by atoms with Crippen LogP contribution in [-0.4, -0.2) is 72.7 Å². The molecule has 3 aromatic rings. The summed E-state index contributed by atoms with van der Waals surface area (Å²) in [5.41, 5.74) is 7.02. The van der Waals surface area contributed by atoms with Gasteiger partial charge in [-0.2, -0.15) is 5.26 Å². The van der Waals surface area contributed by atoms with Crippen molar-refractivity contribution >= 4 is 11.6 Å². The number of fused-ring (bicyclic) bond motifs is 2. The summed E-state index contributed by atoms with van der Waals surface area (Å²) >= 11 is 0. The number of amides is 1. The largest absolute Gasteiger partial charge is 0.424 e. The lowest BCUT2D eigenvalue weighted by Crippen LogP contribution is -2.41. The Labute approximate surface area is 280 Å². The van der Waals surface area contributed by atoms with Gasteiger partial charge in [0.2, 0.25) is 11.8 Å². The molecule has 0 spiro atoms. The molecule has 47 heavy (non-hydrogen) atoms. The predicted octanol–water partition coefficient (Wildman–Crippen LogP) is 5.85. The second-order valence-corrected chi connectivity index (χ2v) is 13.5. The third-order valence-corrected chi connectivity index (χ3v) is 9.36. The standard InChI is InChI=1S/C38H51N7O2/c1-11-24(2)18-33(22-39)41-26(4)23-40-25(3)21-38(37-43-42-28(6)47-37)34-16-14-29(27(5)44(7)8)19-30(34)12-13-31-20-32(15-17-35(31)38)36(46)45(9)10/h14-17,19-20,24-25,33,40-41H,4-5,11-13,18,21,23H2,1-3,6-10H3/t24-,25-,33?,38?/m0/s1. The van der Waals surface area contributed by atoms with Crippen LogP contribution < -0.4 is 10.6 Å². The smallest absolute Gasteiger partial charge is 0.253 e. The molecule has 4 rings (SSSR count). The Kier molecular flexibility index (Phi) is 11.3. The molecule has 9 heteroatoms. The Morgan fingerprint density at radius 1 is 1.02 bits per heavy atom. The molecule has 1 heterocycles. The Morgan fingerprint density at radius 2 is 1.64 bits per heavy atom. The maximum Gasteiger partial charge on any atom is 0.253 e. The van der Waals surface area contributed by atoms with Crippen LogP contribution in [0.3, 0.4) is 0 Å². The Hall–Kier alpha value is -4.42. The minimum atomic E-state index is -0.799. The SMILES string of the molecule is C=C(CN[C@@H](C)CC1(c2nnc(C)o2)c2ccc(C(=C)N(C)C)cc2CCc2cc(C(=O)N(C)C)ccc21)NC(C#N)C[C@@H](C)CC. The molecule has 1 aliphatic carbocycles. The van der Waals surface area contributed by atoms with E-state index in [1.807, 2.05) is 38.1 Å². The molecule has 0 aliphatic heterocycles. The number of nitriles is 1. The number of aryl methyl sites for hydroxylation is 3. The maximum atomic E-state index is 13.1. The monoisotopic (exact) mass is 637 g/mol. The van der Waals surface area contributed by atoms with Crippen LogP contribution in [0.1, 0.15) is 90.0 Å². The van der Waals surface area contributed by atoms with Crippen LogP contribution in [0, 0.1) is 24.2 Å². The van der Waals surface area contributed by atoms with Gasteiger partial charge in [0.1, 0.15) is 11.5 Å². The zero-order valence-electron chi connectivity index (χ0n) is 29.4. The van der Waals surface area contributed by atoms with E-state index in [0.29, 0.717) is 36.2 Å². The minimum absolute atomic E-state index is 0.0332. The number of aromatic nitrogens is 2. The van der Waals surface area contributed by atoms with Gasteiger partial charge in [-0.05, 0) is 84.5 Å². The lowest BCUT2D eigenvalue weighted by Gasteiger charge is -2.36. The Balaban J connectivity index is 1.80. The molecule has 0 radical (unpaired) electrons. The summed E-state index contributed by atoms with van der Waals surface area (Å²) in [5, 5.41) is 25.7. The van der Waals surface area contributed by atoms with E-state index >= 15 is 0 Å². The summed E-state index contributed by atoms with van der Waals surface area (Å²) in [5.74, 6) is 1.42. The number of carbonyl (C=O) groups is 1. The van der Waals surface area contributed by atoms with Gasteiger partial charge in [-0.25, -0.2) is 0 Å². The van der Waals surface area contributed by atoms with Crippen LogP contribution in [0.2, 0.25) is 0 Å². The lowest BCUT2D eigenvalue weighted by molar-refractivity contribution is 0.0827. The van der Waals surface area contributed by atoms with Crippen LogP contribution in [0.4, 0.5) is 0 Å². The molecule has 0 fully saturated rings. The molecule has 4 atom stereocenters. The molecule has 1 aromatic heterocycles. The summed E-state index contributed by atoms with van der Waals surface area (Å²) in [6.45, 7) is 17.3. The molecular formula is C38H51N7O2. The van der Waals surface area contributed by atoms with Crippen LogP contribution >= 0.6 is 0 Å². The van der Waals surface area contributed by atoms with Crippen LogP contribution in [0.15, 0.2) is 59.7 Å². The van der Waals surface area contributed by atoms with Gasteiger partial charge in [0.05, 0.1) is 6.07 Å². The van der Waals surface area contributed by atoms with E-state index in [2.05, 4.69) is 85.1 Å². The Morgan fingerprint density at radius 3 is 2.17 bits per heavy atom. The fraction of sp³-hybridized carbons (Fsp3) is 0.474. The van der Waals surface area contributed by atoms with Gasteiger partial charge in [-0.1, -0.05) is 51.6 Å². The summed E-state index contributed by atoms with van der Waals surface area (Å²) in [6, 6.07) is 14.6. The zero-order valence-corrected chi connectivity index (χ0v) is 29.4. The number of rotatable bonds is 14. The van der Waals surface area contributed by atoms with Crippen molar-refractivity contribution < 1.29 is 9.21 Å². The van der Waals surface area contributed by atoms with Crippen LogP contribution in [0.25, 0.3) is 5.70 Å². The number of nitrogens with one attached hydrogen (secondary N) is 2. The maximum absolute atomic E-state index is 13.1. The molecule has 2 aromatic carbocycles. The number of hydrogen-bond donors (Lipinski definition) is 2. The normalized spacial score (nSPS) is 17.3. The van der Waals surface area contributed by atoms with Crippen molar-refractivity contribution in [2.45, 2.75) is 77.3 Å². The van der Waals surface area contributed by atoms with Crippen molar-refractivity contribution in [2.75, 3.05) is 34.7 Å². The predicted molar refractivity (Wildman–Crippen MR) is 188 cm³/mol. The van der Waals surface area contributed by atoms with Gasteiger partial charge in [0.25, 0.3) is 5.91 Å². The number of hydrogen-bond acceptors (Lipinski definition) is 8. The molecule has 9 nitrogen and oxygen atoms in total. The fourth-order valence-corrected chi connectivity index (χ4v) is 6.52. The average molecular weight is 638 g/mol.